The SMILES string of the molecule is COc1ccc(NC(=O)c2ccc(NC(=O)COc3cccc(C)c3)cc2)cc1. The molecule has 0 bridgehead atoms. The Hall–Kier alpha value is -3.80. The second-order valence-corrected chi connectivity index (χ2v) is 6.41. The molecule has 6 nitrogen and oxygen atoms in total. The predicted octanol–water partition coefficient (Wildman–Crippen LogP) is 4.27. The van der Waals surface area contributed by atoms with Gasteiger partial charge in [0.1, 0.15) is 11.5 Å². The number of benzene rings is 3. The van der Waals surface area contributed by atoms with Crippen LogP contribution in [-0.4, -0.2) is 25.5 Å². The van der Waals surface area contributed by atoms with Crippen molar-refractivity contribution >= 4 is 23.2 Å². The second-order valence-electron chi connectivity index (χ2n) is 6.41. The molecule has 0 aliphatic heterocycles. The van der Waals surface area contributed by atoms with Gasteiger partial charge >= 0.3 is 0 Å². The summed E-state index contributed by atoms with van der Waals surface area (Å²) in [6.45, 7) is 1.86. The summed E-state index contributed by atoms with van der Waals surface area (Å²) in [7, 11) is 1.59. The van der Waals surface area contributed by atoms with Crippen LogP contribution in [0.25, 0.3) is 0 Å². The molecule has 0 radical (unpaired) electrons. The van der Waals surface area contributed by atoms with Crippen molar-refractivity contribution in [3.05, 3.63) is 83.9 Å². The predicted molar refractivity (Wildman–Crippen MR) is 113 cm³/mol. The van der Waals surface area contributed by atoms with Crippen LogP contribution in [0.1, 0.15) is 15.9 Å². The summed E-state index contributed by atoms with van der Waals surface area (Å²) in [6.07, 6.45) is 0. The van der Waals surface area contributed by atoms with Gasteiger partial charge in [0.15, 0.2) is 6.61 Å². The molecule has 2 amide bonds. The molecule has 3 aromatic carbocycles. The summed E-state index contributed by atoms with van der Waals surface area (Å²) in [4.78, 5) is 24.4. The number of aryl methyl sites for hydroxylation is 1. The van der Waals surface area contributed by atoms with E-state index in [9.17, 15) is 9.59 Å². The normalized spacial score (nSPS) is 10.1. The highest BCUT2D eigenvalue weighted by molar-refractivity contribution is 6.04. The number of rotatable bonds is 7. The lowest BCUT2D eigenvalue weighted by Crippen LogP contribution is -2.20. The van der Waals surface area contributed by atoms with Crippen molar-refractivity contribution in [2.24, 2.45) is 0 Å². The Morgan fingerprint density at radius 1 is 0.828 bits per heavy atom. The van der Waals surface area contributed by atoms with Crippen LogP contribution < -0.4 is 20.1 Å². The Balaban J connectivity index is 1.52. The van der Waals surface area contributed by atoms with Crippen LogP contribution in [0.15, 0.2) is 72.8 Å². The third-order valence-electron chi connectivity index (χ3n) is 4.14. The minimum atomic E-state index is -0.276. The van der Waals surface area contributed by atoms with E-state index in [2.05, 4.69) is 10.6 Å². The minimum absolute atomic E-state index is 0.0941. The van der Waals surface area contributed by atoms with E-state index in [0.29, 0.717) is 22.7 Å². The van der Waals surface area contributed by atoms with Gasteiger partial charge in [-0.25, -0.2) is 0 Å². The fourth-order valence-electron chi connectivity index (χ4n) is 2.63. The fourth-order valence-corrected chi connectivity index (χ4v) is 2.63. The van der Waals surface area contributed by atoms with Crippen LogP contribution >= 0.6 is 0 Å². The Bertz CT molecular complexity index is 983. The van der Waals surface area contributed by atoms with Crippen LogP contribution in [0, 0.1) is 6.92 Å². The fraction of sp³-hybridized carbons (Fsp3) is 0.130. The number of anilines is 2. The van der Waals surface area contributed by atoms with E-state index >= 15 is 0 Å². The third-order valence-corrected chi connectivity index (χ3v) is 4.14. The number of carbonyl (C=O) groups is 2. The van der Waals surface area contributed by atoms with Gasteiger partial charge in [0, 0.05) is 16.9 Å². The molecule has 6 heteroatoms. The van der Waals surface area contributed by atoms with Crippen molar-refractivity contribution in [1.29, 1.82) is 0 Å². The topological polar surface area (TPSA) is 76.7 Å². The first-order valence-electron chi connectivity index (χ1n) is 9.08. The molecule has 29 heavy (non-hydrogen) atoms. The molecule has 0 saturated carbocycles. The van der Waals surface area contributed by atoms with E-state index < -0.39 is 0 Å². The van der Waals surface area contributed by atoms with Crippen LogP contribution in [0.4, 0.5) is 11.4 Å². The first kappa shape index (κ1) is 19.9. The van der Waals surface area contributed by atoms with Crippen LogP contribution in [0.5, 0.6) is 11.5 Å². The quantitative estimate of drug-likeness (QED) is 0.632. The summed E-state index contributed by atoms with van der Waals surface area (Å²) in [5, 5.41) is 5.56. The summed E-state index contributed by atoms with van der Waals surface area (Å²) < 4.78 is 10.6. The number of hydrogen-bond donors (Lipinski definition) is 2. The molecule has 0 heterocycles. The molecule has 0 spiro atoms. The monoisotopic (exact) mass is 390 g/mol. The number of methoxy groups -OCH3 is 1. The molecule has 148 valence electrons. The molecule has 0 saturated heterocycles. The average Bonchev–Trinajstić information content (AvgIpc) is 2.73. The number of hydrogen-bond acceptors (Lipinski definition) is 4. The van der Waals surface area contributed by atoms with E-state index in [1.807, 2.05) is 25.1 Å². The van der Waals surface area contributed by atoms with E-state index in [-0.39, 0.29) is 18.4 Å². The van der Waals surface area contributed by atoms with Crippen LogP contribution in [0.2, 0.25) is 0 Å². The maximum Gasteiger partial charge on any atom is 0.262 e. The summed E-state index contributed by atoms with van der Waals surface area (Å²) in [6, 6.07) is 21.2. The van der Waals surface area contributed by atoms with Gasteiger partial charge in [-0.1, -0.05) is 12.1 Å². The standard InChI is InChI=1S/C23H22N2O4/c1-16-4-3-5-21(14-16)29-15-22(26)24-18-8-6-17(7-9-18)23(27)25-19-10-12-20(28-2)13-11-19/h3-14H,15H2,1-2H3,(H,24,26)(H,25,27). The Morgan fingerprint density at radius 3 is 2.14 bits per heavy atom. The molecule has 0 atom stereocenters. The zero-order chi connectivity index (χ0) is 20.6. The first-order valence-corrected chi connectivity index (χ1v) is 9.08. The van der Waals surface area contributed by atoms with Crippen molar-refractivity contribution < 1.29 is 19.1 Å². The summed E-state index contributed by atoms with van der Waals surface area (Å²) in [5.74, 6) is 0.845. The van der Waals surface area contributed by atoms with Gasteiger partial charge in [0.2, 0.25) is 0 Å². The molecule has 0 fully saturated rings. The molecule has 3 rings (SSSR count). The van der Waals surface area contributed by atoms with Crippen molar-refractivity contribution in [2.75, 3.05) is 24.4 Å². The largest absolute Gasteiger partial charge is 0.497 e. The molecule has 2 N–H and O–H groups in total. The van der Waals surface area contributed by atoms with Crippen LogP contribution in [0.3, 0.4) is 0 Å². The maximum absolute atomic E-state index is 12.3. The van der Waals surface area contributed by atoms with Gasteiger partial charge in [-0.15, -0.1) is 0 Å². The van der Waals surface area contributed by atoms with Crippen molar-refractivity contribution in [2.45, 2.75) is 6.92 Å². The minimum Gasteiger partial charge on any atom is -0.497 e. The summed E-state index contributed by atoms with van der Waals surface area (Å²) in [5.41, 5.74) is 2.80. The molecule has 0 aliphatic carbocycles. The van der Waals surface area contributed by atoms with Gasteiger partial charge in [0.25, 0.3) is 11.8 Å². The Kier molecular flexibility index (Phi) is 6.47. The molecular formula is C23H22N2O4. The number of ether oxygens (including phenoxy) is 2. The van der Waals surface area contributed by atoms with Gasteiger partial charge in [-0.05, 0) is 73.2 Å². The van der Waals surface area contributed by atoms with Crippen molar-refractivity contribution in [3.8, 4) is 11.5 Å². The average molecular weight is 390 g/mol. The highest BCUT2D eigenvalue weighted by atomic mass is 16.5. The van der Waals surface area contributed by atoms with E-state index in [1.54, 1.807) is 61.7 Å². The van der Waals surface area contributed by atoms with E-state index in [1.165, 1.54) is 0 Å². The lowest BCUT2D eigenvalue weighted by Gasteiger charge is -2.09. The van der Waals surface area contributed by atoms with E-state index in [4.69, 9.17) is 9.47 Å². The molecular weight excluding hydrogens is 368 g/mol. The Morgan fingerprint density at radius 2 is 1.48 bits per heavy atom. The van der Waals surface area contributed by atoms with Crippen molar-refractivity contribution in [3.63, 3.8) is 0 Å². The third kappa shape index (κ3) is 5.84. The Labute approximate surface area is 169 Å². The smallest absolute Gasteiger partial charge is 0.262 e. The molecule has 0 aliphatic rings. The second kappa shape index (κ2) is 9.41. The highest BCUT2D eigenvalue weighted by Crippen LogP contribution is 2.17. The lowest BCUT2D eigenvalue weighted by molar-refractivity contribution is -0.118. The molecule has 0 unspecified atom stereocenters. The van der Waals surface area contributed by atoms with Gasteiger partial charge in [0.05, 0.1) is 7.11 Å². The molecule has 0 aromatic heterocycles. The van der Waals surface area contributed by atoms with Gasteiger partial charge in [-0.2, -0.15) is 0 Å². The van der Waals surface area contributed by atoms with Gasteiger partial charge in [-0.3, -0.25) is 9.59 Å². The van der Waals surface area contributed by atoms with E-state index in [0.717, 1.165) is 11.3 Å². The zero-order valence-corrected chi connectivity index (χ0v) is 16.3. The summed E-state index contributed by atoms with van der Waals surface area (Å²) >= 11 is 0. The number of nitrogens with one attached hydrogen (secondary N) is 2. The number of carbonyl (C=O) groups excluding carboxylic acids is 2. The number of amides is 2. The molecule has 3 aromatic rings. The van der Waals surface area contributed by atoms with Gasteiger partial charge < -0.3 is 20.1 Å². The lowest BCUT2D eigenvalue weighted by atomic mass is 10.2. The zero-order valence-electron chi connectivity index (χ0n) is 16.3. The van der Waals surface area contributed by atoms with Crippen LogP contribution in [-0.2, 0) is 4.79 Å². The first-order chi connectivity index (χ1) is 14.0. The maximum atomic E-state index is 12.3. The van der Waals surface area contributed by atoms with Crippen molar-refractivity contribution in [1.82, 2.24) is 0 Å². The highest BCUT2D eigenvalue weighted by Gasteiger charge is 2.08.